The fourth-order valence-corrected chi connectivity index (χ4v) is 2.81. The third kappa shape index (κ3) is 7.62. The Labute approximate surface area is 176 Å². The zero-order valence-corrected chi connectivity index (χ0v) is 17.3. The van der Waals surface area contributed by atoms with E-state index in [1.165, 1.54) is 13.8 Å². The lowest BCUT2D eigenvalue weighted by molar-refractivity contribution is -0.153. The molecule has 0 saturated carbocycles. The van der Waals surface area contributed by atoms with Crippen molar-refractivity contribution >= 4 is 23.5 Å². The quantitative estimate of drug-likeness (QED) is 0.320. The lowest BCUT2D eigenvalue weighted by Crippen LogP contribution is -2.14. The molecule has 30 heavy (non-hydrogen) atoms. The first-order valence-electron chi connectivity index (χ1n) is 9.90. The Bertz CT molecular complexity index is 805. The molecule has 2 aromatic carbocycles. The van der Waals surface area contributed by atoms with Gasteiger partial charge in [-0.15, -0.1) is 0 Å². The SMILES string of the molecule is CC(=O)C(=O)OCCCc1ccc(-c2ccc(CCCOC(=O)C(C)=O)cc2)cc1. The predicted molar refractivity (Wildman–Crippen MR) is 112 cm³/mol. The second-order valence-corrected chi connectivity index (χ2v) is 6.99. The number of carbonyl (C=O) groups is 4. The summed E-state index contributed by atoms with van der Waals surface area (Å²) in [5.41, 5.74) is 4.47. The third-order valence-electron chi connectivity index (χ3n) is 4.50. The van der Waals surface area contributed by atoms with Crippen molar-refractivity contribution in [3.05, 3.63) is 59.7 Å². The van der Waals surface area contributed by atoms with Crippen LogP contribution in [0.4, 0.5) is 0 Å². The zero-order chi connectivity index (χ0) is 21.9. The maximum atomic E-state index is 11.1. The second kappa shape index (κ2) is 11.7. The van der Waals surface area contributed by atoms with E-state index >= 15 is 0 Å². The molecule has 0 atom stereocenters. The molecule has 158 valence electrons. The number of ether oxygens (including phenoxy) is 2. The number of carbonyl (C=O) groups excluding carboxylic acids is 4. The summed E-state index contributed by atoms with van der Waals surface area (Å²) in [6.07, 6.45) is 2.85. The third-order valence-corrected chi connectivity index (χ3v) is 4.50. The van der Waals surface area contributed by atoms with Gasteiger partial charge in [0.05, 0.1) is 13.2 Å². The Balaban J connectivity index is 1.78. The molecule has 0 amide bonds. The first-order chi connectivity index (χ1) is 14.4. The van der Waals surface area contributed by atoms with Crippen molar-refractivity contribution in [2.75, 3.05) is 13.2 Å². The van der Waals surface area contributed by atoms with Crippen LogP contribution in [0.3, 0.4) is 0 Å². The number of rotatable bonds is 11. The molecule has 6 heteroatoms. The molecule has 0 aromatic heterocycles. The highest BCUT2D eigenvalue weighted by atomic mass is 16.5. The van der Waals surface area contributed by atoms with Gasteiger partial charge in [0.15, 0.2) is 0 Å². The molecule has 2 aromatic rings. The van der Waals surface area contributed by atoms with Gasteiger partial charge in [-0.1, -0.05) is 48.5 Å². The summed E-state index contributed by atoms with van der Waals surface area (Å²) in [5, 5.41) is 0. The minimum absolute atomic E-state index is 0.232. The van der Waals surface area contributed by atoms with Gasteiger partial charge < -0.3 is 9.47 Å². The summed E-state index contributed by atoms with van der Waals surface area (Å²) in [5.74, 6) is -2.74. The van der Waals surface area contributed by atoms with Crippen molar-refractivity contribution < 1.29 is 28.7 Å². The summed E-state index contributed by atoms with van der Waals surface area (Å²) < 4.78 is 9.72. The molecule has 2 rings (SSSR count). The smallest absolute Gasteiger partial charge is 0.374 e. The highest BCUT2D eigenvalue weighted by molar-refractivity contribution is 6.32. The number of aryl methyl sites for hydroxylation is 2. The number of Topliss-reactive ketones (excluding diaryl/α,β-unsaturated/α-hetero) is 2. The van der Waals surface area contributed by atoms with Crippen LogP contribution in [0.5, 0.6) is 0 Å². The van der Waals surface area contributed by atoms with E-state index in [4.69, 9.17) is 9.47 Å². The first-order valence-corrected chi connectivity index (χ1v) is 9.90. The van der Waals surface area contributed by atoms with Crippen LogP contribution in [0, 0.1) is 0 Å². The van der Waals surface area contributed by atoms with Crippen molar-refractivity contribution in [2.45, 2.75) is 39.5 Å². The number of hydrogen-bond acceptors (Lipinski definition) is 6. The molecule has 0 radical (unpaired) electrons. The Hall–Kier alpha value is -3.28. The van der Waals surface area contributed by atoms with Gasteiger partial charge in [0.1, 0.15) is 0 Å². The van der Waals surface area contributed by atoms with E-state index in [1.54, 1.807) is 0 Å². The van der Waals surface area contributed by atoms with Gasteiger partial charge in [0, 0.05) is 13.8 Å². The molecule has 0 unspecified atom stereocenters. The van der Waals surface area contributed by atoms with Gasteiger partial charge >= 0.3 is 11.9 Å². The molecular weight excluding hydrogens is 384 g/mol. The number of esters is 2. The van der Waals surface area contributed by atoms with Gasteiger partial charge in [-0.3, -0.25) is 9.59 Å². The number of ketones is 2. The average Bonchev–Trinajstić information content (AvgIpc) is 2.74. The summed E-state index contributed by atoms with van der Waals surface area (Å²) >= 11 is 0. The van der Waals surface area contributed by atoms with Crippen LogP contribution in [0.25, 0.3) is 11.1 Å². The van der Waals surface area contributed by atoms with Crippen LogP contribution in [-0.2, 0) is 41.5 Å². The normalized spacial score (nSPS) is 10.3. The Morgan fingerprint density at radius 1 is 0.600 bits per heavy atom. The summed E-state index contributed by atoms with van der Waals surface area (Å²) in [6.45, 7) is 2.85. The molecule has 0 aliphatic carbocycles. The van der Waals surface area contributed by atoms with Gasteiger partial charge in [0.25, 0.3) is 0 Å². The van der Waals surface area contributed by atoms with Crippen molar-refractivity contribution in [1.29, 1.82) is 0 Å². The molecule has 6 nitrogen and oxygen atoms in total. The van der Waals surface area contributed by atoms with Gasteiger partial charge in [-0.05, 0) is 47.9 Å². The molecular formula is C24H26O6. The Morgan fingerprint density at radius 3 is 1.23 bits per heavy atom. The fraction of sp³-hybridized carbons (Fsp3) is 0.333. The van der Waals surface area contributed by atoms with Crippen LogP contribution >= 0.6 is 0 Å². The highest BCUT2D eigenvalue weighted by Gasteiger charge is 2.09. The molecule has 0 aliphatic heterocycles. The minimum Gasteiger partial charge on any atom is -0.460 e. The van der Waals surface area contributed by atoms with E-state index in [0.717, 1.165) is 35.1 Å². The summed E-state index contributed by atoms with van der Waals surface area (Å²) in [6, 6.07) is 16.4. The van der Waals surface area contributed by atoms with E-state index in [9.17, 15) is 19.2 Å². The number of benzene rings is 2. The Kier molecular flexibility index (Phi) is 8.94. The average molecular weight is 410 g/mol. The van der Waals surface area contributed by atoms with Gasteiger partial charge in [-0.2, -0.15) is 0 Å². The van der Waals surface area contributed by atoms with Crippen LogP contribution < -0.4 is 0 Å². The zero-order valence-electron chi connectivity index (χ0n) is 17.3. The van der Waals surface area contributed by atoms with Crippen molar-refractivity contribution in [3.63, 3.8) is 0 Å². The molecule has 0 bridgehead atoms. The fourth-order valence-electron chi connectivity index (χ4n) is 2.81. The maximum absolute atomic E-state index is 11.1. The van der Waals surface area contributed by atoms with E-state index in [0.29, 0.717) is 12.8 Å². The molecule has 0 heterocycles. The topological polar surface area (TPSA) is 86.7 Å². The van der Waals surface area contributed by atoms with Gasteiger partial charge in [0.2, 0.25) is 11.6 Å². The van der Waals surface area contributed by atoms with E-state index in [-0.39, 0.29) is 13.2 Å². The minimum atomic E-state index is -0.786. The lowest BCUT2D eigenvalue weighted by atomic mass is 10.00. The standard InChI is InChI=1S/C24H26O6/c1-17(25)23(27)29-15-3-5-19-7-11-21(12-8-19)22-13-9-20(10-14-22)6-4-16-30-24(28)18(2)26/h7-14H,3-6,15-16H2,1-2H3. The molecule has 0 saturated heterocycles. The monoisotopic (exact) mass is 410 g/mol. The summed E-state index contributed by atoms with van der Waals surface area (Å²) in [7, 11) is 0. The van der Waals surface area contributed by atoms with Crippen LogP contribution in [0.2, 0.25) is 0 Å². The van der Waals surface area contributed by atoms with E-state index in [2.05, 4.69) is 0 Å². The van der Waals surface area contributed by atoms with Crippen LogP contribution in [0.15, 0.2) is 48.5 Å². The lowest BCUT2D eigenvalue weighted by Gasteiger charge is -2.07. The molecule has 0 N–H and O–H groups in total. The van der Waals surface area contributed by atoms with Crippen LogP contribution in [0.1, 0.15) is 37.8 Å². The van der Waals surface area contributed by atoms with Crippen LogP contribution in [-0.4, -0.2) is 36.7 Å². The maximum Gasteiger partial charge on any atom is 0.374 e. The van der Waals surface area contributed by atoms with Crippen molar-refractivity contribution in [2.24, 2.45) is 0 Å². The van der Waals surface area contributed by atoms with E-state index < -0.39 is 23.5 Å². The Morgan fingerprint density at radius 2 is 0.933 bits per heavy atom. The molecule has 0 spiro atoms. The first kappa shape index (κ1) is 23.0. The summed E-state index contributed by atoms with van der Waals surface area (Å²) in [4.78, 5) is 43.8. The molecule has 0 fully saturated rings. The van der Waals surface area contributed by atoms with E-state index in [1.807, 2.05) is 48.5 Å². The van der Waals surface area contributed by atoms with Crippen molar-refractivity contribution in [1.82, 2.24) is 0 Å². The predicted octanol–water partition coefficient (Wildman–Crippen LogP) is 3.48. The van der Waals surface area contributed by atoms with Gasteiger partial charge in [-0.25, -0.2) is 9.59 Å². The highest BCUT2D eigenvalue weighted by Crippen LogP contribution is 2.21. The second-order valence-electron chi connectivity index (χ2n) is 6.99. The van der Waals surface area contributed by atoms with Crippen molar-refractivity contribution in [3.8, 4) is 11.1 Å². The molecule has 0 aliphatic rings. The largest absolute Gasteiger partial charge is 0.460 e. The number of hydrogen-bond donors (Lipinski definition) is 0.